The smallest absolute Gasteiger partial charge is 0.167 e. The molecule has 0 radical (unpaired) electrons. The summed E-state index contributed by atoms with van der Waals surface area (Å²) < 4.78 is 5.46. The summed E-state index contributed by atoms with van der Waals surface area (Å²) in [7, 11) is 2.28. The van der Waals surface area contributed by atoms with Crippen LogP contribution in [0.3, 0.4) is 0 Å². The highest BCUT2D eigenvalue weighted by Gasteiger charge is 2.40. The Bertz CT molecular complexity index is 572. The largest absolute Gasteiger partial charge is 0.412 e. The third kappa shape index (κ3) is 2.22. The van der Waals surface area contributed by atoms with Crippen LogP contribution in [0.4, 0.5) is 0 Å². The summed E-state index contributed by atoms with van der Waals surface area (Å²) in [6.07, 6.45) is 5.19. The summed E-state index contributed by atoms with van der Waals surface area (Å²) in [6.45, 7) is 0. The van der Waals surface area contributed by atoms with Gasteiger partial charge in [0.25, 0.3) is 0 Å². The average molecular weight is 297 g/mol. The molecule has 2 aliphatic heterocycles. The summed E-state index contributed by atoms with van der Waals surface area (Å²) in [5, 5.41) is 5.56. The van der Waals surface area contributed by atoms with E-state index >= 15 is 0 Å². The second-order valence-corrected chi connectivity index (χ2v) is 5.78. The van der Waals surface area contributed by atoms with E-state index < -0.39 is 0 Å². The summed E-state index contributed by atoms with van der Waals surface area (Å²) in [4.78, 5) is 2.57. The van der Waals surface area contributed by atoms with Crippen molar-refractivity contribution in [3.63, 3.8) is 0 Å². The topological polar surface area (TPSA) is 60.8 Å². The monoisotopic (exact) mass is 296 g/mol. The van der Waals surface area contributed by atoms with E-state index in [0.717, 1.165) is 17.7 Å². The molecule has 2 atom stereocenters. The third-order valence-electron chi connectivity index (χ3n) is 4.89. The van der Waals surface area contributed by atoms with Gasteiger partial charge in [0.2, 0.25) is 0 Å². The molecule has 20 heavy (non-hydrogen) atoms. The lowest BCUT2D eigenvalue weighted by molar-refractivity contribution is 0.159. The van der Waals surface area contributed by atoms with Gasteiger partial charge < -0.3 is 14.9 Å². The molecule has 2 saturated heterocycles. The zero-order valence-corrected chi connectivity index (χ0v) is 12.4. The number of piperidine rings is 1. The maximum Gasteiger partial charge on any atom is 0.167 e. The van der Waals surface area contributed by atoms with Crippen molar-refractivity contribution in [1.82, 2.24) is 10.1 Å². The van der Waals surface area contributed by atoms with Crippen molar-refractivity contribution in [2.45, 2.75) is 43.7 Å². The van der Waals surface area contributed by atoms with E-state index in [0.29, 0.717) is 5.92 Å². The van der Waals surface area contributed by atoms with Crippen LogP contribution in [-0.4, -0.2) is 34.7 Å². The van der Waals surface area contributed by atoms with Gasteiger partial charge in [-0.05, 0) is 44.9 Å². The first-order chi connectivity index (χ1) is 8.83. The van der Waals surface area contributed by atoms with Crippen LogP contribution in [0.2, 0.25) is 0 Å². The van der Waals surface area contributed by atoms with Gasteiger partial charge in [-0.2, -0.15) is 0 Å². The number of nitrogens with zero attached hydrogens (tertiary/aromatic N) is 2. The van der Waals surface area contributed by atoms with Crippen LogP contribution >= 0.6 is 12.4 Å². The van der Waals surface area contributed by atoms with Crippen molar-refractivity contribution >= 4 is 23.4 Å². The molecule has 3 heterocycles. The minimum Gasteiger partial charge on any atom is -0.412 e. The lowest BCUT2D eigenvalue weighted by Gasteiger charge is -2.35. The minimum absolute atomic E-state index is 0. The number of hydrogen-bond donors (Lipinski definition) is 0. The number of hydrogen-bond acceptors (Lipinski definition) is 3. The average Bonchev–Trinajstić information content (AvgIpc) is 2.88. The van der Waals surface area contributed by atoms with Crippen molar-refractivity contribution in [2.24, 2.45) is 0 Å². The molecule has 2 N–H and O–H groups in total. The van der Waals surface area contributed by atoms with Crippen molar-refractivity contribution in [2.75, 3.05) is 7.05 Å². The van der Waals surface area contributed by atoms with Crippen LogP contribution in [-0.2, 0) is 0 Å². The molecule has 0 aliphatic carbocycles. The first kappa shape index (κ1) is 15.3. The van der Waals surface area contributed by atoms with Crippen LogP contribution in [0.5, 0.6) is 0 Å². The van der Waals surface area contributed by atoms with Gasteiger partial charge in [-0.15, -0.1) is 12.4 Å². The quantitative estimate of drug-likeness (QED) is 0.813. The van der Waals surface area contributed by atoms with Crippen molar-refractivity contribution in [3.05, 3.63) is 30.0 Å². The molecule has 0 spiro atoms. The highest BCUT2D eigenvalue weighted by atomic mass is 35.5. The summed E-state index contributed by atoms with van der Waals surface area (Å²) in [6, 6.07) is 9.74. The summed E-state index contributed by atoms with van der Waals surface area (Å²) >= 11 is 0. The summed E-state index contributed by atoms with van der Waals surface area (Å²) in [5.41, 5.74) is 2.12. The van der Waals surface area contributed by atoms with Crippen molar-refractivity contribution in [3.8, 4) is 0 Å². The van der Waals surface area contributed by atoms with Gasteiger partial charge >= 0.3 is 0 Å². The zero-order chi connectivity index (χ0) is 12.1. The minimum atomic E-state index is 0. The molecule has 2 unspecified atom stereocenters. The van der Waals surface area contributed by atoms with Crippen LogP contribution in [0.25, 0.3) is 11.0 Å². The lowest BCUT2D eigenvalue weighted by atomic mass is 9.87. The number of para-hydroxylation sites is 1. The van der Waals surface area contributed by atoms with E-state index in [2.05, 4.69) is 29.2 Å². The Morgan fingerprint density at radius 1 is 1.15 bits per heavy atom. The number of benzene rings is 1. The van der Waals surface area contributed by atoms with E-state index in [1.807, 2.05) is 12.1 Å². The first-order valence-electron chi connectivity index (χ1n) is 6.89. The van der Waals surface area contributed by atoms with E-state index in [1.54, 1.807) is 0 Å². The van der Waals surface area contributed by atoms with Crippen molar-refractivity contribution < 1.29 is 10.00 Å². The Labute approximate surface area is 124 Å². The number of aromatic nitrogens is 1. The van der Waals surface area contributed by atoms with Gasteiger partial charge in [-0.1, -0.05) is 17.3 Å². The molecule has 1 aromatic heterocycles. The Morgan fingerprint density at radius 3 is 2.50 bits per heavy atom. The van der Waals surface area contributed by atoms with E-state index in [9.17, 15) is 0 Å². The van der Waals surface area contributed by atoms with Crippen LogP contribution in [0.1, 0.15) is 37.3 Å². The van der Waals surface area contributed by atoms with E-state index in [1.165, 1.54) is 36.8 Å². The maximum absolute atomic E-state index is 5.46. The van der Waals surface area contributed by atoms with Crippen LogP contribution in [0, 0.1) is 0 Å². The summed E-state index contributed by atoms with van der Waals surface area (Å²) in [5.74, 6) is 0.586. The number of halogens is 1. The zero-order valence-electron chi connectivity index (χ0n) is 11.6. The highest BCUT2D eigenvalue weighted by molar-refractivity contribution is 5.85. The molecule has 2 aliphatic rings. The fraction of sp³-hybridized carbons (Fsp3) is 0.533. The molecular weight excluding hydrogens is 276 g/mol. The fourth-order valence-corrected chi connectivity index (χ4v) is 3.83. The number of fused-ring (bicyclic) bond motifs is 3. The van der Waals surface area contributed by atoms with Gasteiger partial charge in [0.15, 0.2) is 5.58 Å². The predicted molar refractivity (Wildman–Crippen MR) is 81.4 cm³/mol. The molecule has 2 bridgehead atoms. The molecule has 5 heteroatoms. The second kappa shape index (κ2) is 5.72. The molecule has 2 aromatic rings. The molecule has 110 valence electrons. The molecule has 4 rings (SSSR count). The Morgan fingerprint density at radius 2 is 1.80 bits per heavy atom. The molecule has 0 saturated carbocycles. The predicted octanol–water partition coefficient (Wildman–Crippen LogP) is 2.77. The van der Waals surface area contributed by atoms with E-state index in [4.69, 9.17) is 4.52 Å². The van der Waals surface area contributed by atoms with Crippen LogP contribution in [0.15, 0.2) is 28.8 Å². The Kier molecular flexibility index (Phi) is 4.37. The fourth-order valence-electron chi connectivity index (χ4n) is 3.83. The highest BCUT2D eigenvalue weighted by Crippen LogP contribution is 2.43. The Balaban J connectivity index is 0.000000735. The Hall–Kier alpha value is -1.10. The second-order valence-electron chi connectivity index (χ2n) is 5.78. The van der Waals surface area contributed by atoms with Gasteiger partial charge in [0.05, 0.1) is 5.69 Å². The third-order valence-corrected chi connectivity index (χ3v) is 4.89. The maximum atomic E-state index is 5.46. The van der Waals surface area contributed by atoms with Crippen LogP contribution < -0.4 is 0 Å². The van der Waals surface area contributed by atoms with Crippen molar-refractivity contribution in [1.29, 1.82) is 0 Å². The SMILES string of the molecule is CN1C2CCC1CC(c1noc3ccccc13)C2.Cl.O. The molecule has 1 aromatic carbocycles. The van der Waals surface area contributed by atoms with Gasteiger partial charge in [-0.3, -0.25) is 0 Å². The first-order valence-corrected chi connectivity index (χ1v) is 6.89. The van der Waals surface area contributed by atoms with Gasteiger partial charge in [-0.25, -0.2) is 0 Å². The van der Waals surface area contributed by atoms with Gasteiger partial charge in [0, 0.05) is 23.4 Å². The van der Waals surface area contributed by atoms with E-state index in [-0.39, 0.29) is 17.9 Å². The van der Waals surface area contributed by atoms with Gasteiger partial charge in [0.1, 0.15) is 0 Å². The molecule has 4 nitrogen and oxygen atoms in total. The number of rotatable bonds is 1. The molecule has 2 fully saturated rings. The molecular formula is C15H21ClN2O2. The standard InChI is InChI=1S/C15H18N2O.ClH.H2O/c1-17-11-6-7-12(17)9-10(8-11)15-13-4-2-3-5-14(13)18-16-15;;/h2-5,10-12H,6-9H2,1H3;1H;1H2. The normalized spacial score (nSPS) is 28.9. The lowest BCUT2D eigenvalue weighted by Crippen LogP contribution is -2.39. The molecule has 0 amide bonds.